The standard InChI is InChI=1S/C14H22O3/c1-4-11(8-12(16)9-15)14-10(2)6-5-7-13(14)17-3/h5-7,11-12,15-16H,4,8-9H2,1-3H3. The summed E-state index contributed by atoms with van der Waals surface area (Å²) in [6.07, 6.45) is 0.816. The smallest absolute Gasteiger partial charge is 0.122 e. The second kappa shape index (κ2) is 6.62. The third-order valence-electron chi connectivity index (χ3n) is 3.17. The minimum Gasteiger partial charge on any atom is -0.496 e. The molecule has 3 nitrogen and oxygen atoms in total. The first-order valence-corrected chi connectivity index (χ1v) is 6.06. The van der Waals surface area contributed by atoms with E-state index in [2.05, 4.69) is 6.92 Å². The van der Waals surface area contributed by atoms with Gasteiger partial charge in [0.2, 0.25) is 0 Å². The minimum atomic E-state index is -0.663. The van der Waals surface area contributed by atoms with Crippen LogP contribution in [0.2, 0.25) is 0 Å². The van der Waals surface area contributed by atoms with Crippen molar-refractivity contribution in [1.29, 1.82) is 0 Å². The SMILES string of the molecule is CCC(CC(O)CO)c1c(C)cccc1OC. The Kier molecular flexibility index (Phi) is 5.45. The van der Waals surface area contributed by atoms with Crippen LogP contribution in [0.15, 0.2) is 18.2 Å². The molecule has 17 heavy (non-hydrogen) atoms. The molecule has 1 aromatic rings. The Morgan fingerprint density at radius 1 is 1.35 bits per heavy atom. The number of benzene rings is 1. The summed E-state index contributed by atoms with van der Waals surface area (Å²) in [5.74, 6) is 1.08. The molecular weight excluding hydrogens is 216 g/mol. The van der Waals surface area contributed by atoms with Gasteiger partial charge in [0.25, 0.3) is 0 Å². The molecule has 0 saturated heterocycles. The van der Waals surface area contributed by atoms with Crippen LogP contribution in [0.3, 0.4) is 0 Å². The van der Waals surface area contributed by atoms with Crippen LogP contribution in [0.4, 0.5) is 0 Å². The Bertz CT molecular complexity index is 349. The molecular formula is C14H22O3. The quantitative estimate of drug-likeness (QED) is 0.799. The highest BCUT2D eigenvalue weighted by Gasteiger charge is 2.19. The number of ether oxygens (including phenoxy) is 1. The zero-order valence-electron chi connectivity index (χ0n) is 10.8. The largest absolute Gasteiger partial charge is 0.496 e. The Morgan fingerprint density at radius 3 is 2.59 bits per heavy atom. The van der Waals surface area contributed by atoms with Crippen molar-refractivity contribution in [1.82, 2.24) is 0 Å². The molecule has 1 aromatic carbocycles. The molecule has 0 aromatic heterocycles. The molecule has 0 fully saturated rings. The van der Waals surface area contributed by atoms with E-state index in [1.54, 1.807) is 7.11 Å². The predicted molar refractivity (Wildman–Crippen MR) is 68.5 cm³/mol. The Morgan fingerprint density at radius 2 is 2.06 bits per heavy atom. The van der Waals surface area contributed by atoms with Crippen molar-refractivity contribution < 1.29 is 14.9 Å². The molecule has 96 valence electrons. The topological polar surface area (TPSA) is 49.7 Å². The van der Waals surface area contributed by atoms with E-state index in [9.17, 15) is 5.11 Å². The van der Waals surface area contributed by atoms with Crippen molar-refractivity contribution >= 4 is 0 Å². The molecule has 0 aliphatic rings. The van der Waals surface area contributed by atoms with Crippen LogP contribution in [0.25, 0.3) is 0 Å². The normalized spacial score (nSPS) is 14.4. The van der Waals surface area contributed by atoms with Crippen LogP contribution in [-0.4, -0.2) is 30.0 Å². The lowest BCUT2D eigenvalue weighted by molar-refractivity contribution is 0.0815. The monoisotopic (exact) mass is 238 g/mol. The lowest BCUT2D eigenvalue weighted by Crippen LogP contribution is -2.17. The average molecular weight is 238 g/mol. The van der Waals surface area contributed by atoms with E-state index in [1.165, 1.54) is 5.56 Å². The van der Waals surface area contributed by atoms with E-state index in [-0.39, 0.29) is 12.5 Å². The van der Waals surface area contributed by atoms with Gasteiger partial charge in [-0.25, -0.2) is 0 Å². The van der Waals surface area contributed by atoms with Crippen LogP contribution in [-0.2, 0) is 0 Å². The van der Waals surface area contributed by atoms with Crippen molar-refractivity contribution in [3.63, 3.8) is 0 Å². The highest BCUT2D eigenvalue weighted by Crippen LogP contribution is 2.34. The fraction of sp³-hybridized carbons (Fsp3) is 0.571. The van der Waals surface area contributed by atoms with Crippen LogP contribution >= 0.6 is 0 Å². The van der Waals surface area contributed by atoms with Gasteiger partial charge in [-0.2, -0.15) is 0 Å². The molecule has 0 saturated carbocycles. The molecule has 2 unspecified atom stereocenters. The summed E-state index contributed by atoms with van der Waals surface area (Å²) in [5.41, 5.74) is 2.31. The summed E-state index contributed by atoms with van der Waals surface area (Å²) in [4.78, 5) is 0. The first-order chi connectivity index (χ1) is 8.13. The van der Waals surface area contributed by atoms with Gasteiger partial charge in [0.1, 0.15) is 5.75 Å². The van der Waals surface area contributed by atoms with E-state index in [0.717, 1.165) is 17.7 Å². The summed E-state index contributed by atoms with van der Waals surface area (Å²) in [6, 6.07) is 5.95. The van der Waals surface area contributed by atoms with Gasteiger partial charge in [-0.05, 0) is 37.3 Å². The number of hydrogen-bond donors (Lipinski definition) is 2. The second-order valence-corrected chi connectivity index (χ2v) is 4.37. The maximum atomic E-state index is 9.58. The molecule has 0 aliphatic carbocycles. The van der Waals surface area contributed by atoms with Gasteiger partial charge >= 0.3 is 0 Å². The zero-order valence-corrected chi connectivity index (χ0v) is 10.8. The van der Waals surface area contributed by atoms with E-state index >= 15 is 0 Å². The molecule has 2 atom stereocenters. The molecule has 0 amide bonds. The lowest BCUT2D eigenvalue weighted by atomic mass is 9.87. The first-order valence-electron chi connectivity index (χ1n) is 6.06. The summed E-state index contributed by atoms with van der Waals surface area (Å²) in [5, 5.41) is 18.5. The number of aryl methyl sites for hydroxylation is 1. The van der Waals surface area contributed by atoms with Gasteiger partial charge in [0, 0.05) is 5.56 Å². The van der Waals surface area contributed by atoms with Crippen LogP contribution in [0, 0.1) is 6.92 Å². The number of aliphatic hydroxyl groups excluding tert-OH is 2. The zero-order chi connectivity index (χ0) is 12.8. The Balaban J connectivity index is 3.02. The van der Waals surface area contributed by atoms with Crippen molar-refractivity contribution in [3.05, 3.63) is 29.3 Å². The summed E-state index contributed by atoms with van der Waals surface area (Å²) in [7, 11) is 1.66. The molecule has 0 bridgehead atoms. The van der Waals surface area contributed by atoms with Gasteiger partial charge < -0.3 is 14.9 Å². The highest BCUT2D eigenvalue weighted by molar-refractivity contribution is 5.42. The number of hydrogen-bond acceptors (Lipinski definition) is 3. The minimum absolute atomic E-state index is 0.190. The van der Waals surface area contributed by atoms with E-state index < -0.39 is 6.10 Å². The van der Waals surface area contributed by atoms with Crippen molar-refractivity contribution in [3.8, 4) is 5.75 Å². The summed E-state index contributed by atoms with van der Waals surface area (Å²) < 4.78 is 5.38. The van der Waals surface area contributed by atoms with Gasteiger partial charge in [0.15, 0.2) is 0 Å². The van der Waals surface area contributed by atoms with Gasteiger partial charge in [0.05, 0.1) is 19.8 Å². The molecule has 0 heterocycles. The van der Waals surface area contributed by atoms with E-state index in [1.807, 2.05) is 25.1 Å². The van der Waals surface area contributed by atoms with Gasteiger partial charge in [-0.3, -0.25) is 0 Å². The van der Waals surface area contributed by atoms with Crippen LogP contribution in [0.1, 0.15) is 36.8 Å². The lowest BCUT2D eigenvalue weighted by Gasteiger charge is -2.22. The molecule has 2 N–H and O–H groups in total. The molecule has 0 radical (unpaired) electrons. The second-order valence-electron chi connectivity index (χ2n) is 4.37. The Hall–Kier alpha value is -1.06. The summed E-state index contributed by atoms with van der Waals surface area (Å²) in [6.45, 7) is 3.94. The fourth-order valence-corrected chi connectivity index (χ4v) is 2.25. The number of aliphatic hydroxyl groups is 2. The predicted octanol–water partition coefficient (Wildman–Crippen LogP) is 2.24. The first kappa shape index (κ1) is 14.0. The van der Waals surface area contributed by atoms with Gasteiger partial charge in [-0.15, -0.1) is 0 Å². The summed E-state index contributed by atoms with van der Waals surface area (Å²) >= 11 is 0. The van der Waals surface area contributed by atoms with Crippen molar-refractivity contribution in [2.24, 2.45) is 0 Å². The van der Waals surface area contributed by atoms with Crippen molar-refractivity contribution in [2.45, 2.75) is 38.7 Å². The maximum absolute atomic E-state index is 9.58. The fourth-order valence-electron chi connectivity index (χ4n) is 2.25. The third-order valence-corrected chi connectivity index (χ3v) is 3.17. The molecule has 1 rings (SSSR count). The highest BCUT2D eigenvalue weighted by atomic mass is 16.5. The maximum Gasteiger partial charge on any atom is 0.122 e. The third kappa shape index (κ3) is 3.45. The van der Waals surface area contributed by atoms with Gasteiger partial charge in [-0.1, -0.05) is 19.1 Å². The number of rotatable bonds is 6. The van der Waals surface area contributed by atoms with Crippen LogP contribution < -0.4 is 4.74 Å². The average Bonchev–Trinajstić information content (AvgIpc) is 2.35. The van der Waals surface area contributed by atoms with Crippen molar-refractivity contribution in [2.75, 3.05) is 13.7 Å². The van der Waals surface area contributed by atoms with E-state index in [4.69, 9.17) is 9.84 Å². The molecule has 0 spiro atoms. The Labute approximate surface area is 103 Å². The van der Waals surface area contributed by atoms with Crippen LogP contribution in [0.5, 0.6) is 5.75 Å². The number of methoxy groups -OCH3 is 1. The molecule has 0 aliphatic heterocycles. The van der Waals surface area contributed by atoms with E-state index in [0.29, 0.717) is 6.42 Å². The molecule has 3 heteroatoms.